The highest BCUT2D eigenvalue weighted by Crippen LogP contribution is 2.09. The molecule has 1 fully saturated rings. The zero-order valence-electron chi connectivity index (χ0n) is 8.47. The highest BCUT2D eigenvalue weighted by molar-refractivity contribution is 9.09. The Morgan fingerprint density at radius 2 is 2.27 bits per heavy atom. The molecule has 1 unspecified atom stereocenters. The van der Waals surface area contributed by atoms with E-state index in [0.717, 1.165) is 38.7 Å². The molecule has 2 heterocycles. The minimum Gasteiger partial charge on any atom is -0.379 e. The van der Waals surface area contributed by atoms with E-state index in [1.54, 1.807) is 12.4 Å². The molecule has 1 aromatic rings. The lowest BCUT2D eigenvalue weighted by Crippen LogP contribution is -2.30. The number of ether oxygens (including phenoxy) is 1. The quantitative estimate of drug-likeness (QED) is 0.755. The first-order chi connectivity index (χ1) is 7.34. The lowest BCUT2D eigenvalue weighted by Gasteiger charge is -2.19. The van der Waals surface area contributed by atoms with E-state index < -0.39 is 0 Å². The van der Waals surface area contributed by atoms with Crippen LogP contribution in [0, 0.1) is 0 Å². The van der Waals surface area contributed by atoms with Crippen molar-refractivity contribution in [3.63, 3.8) is 0 Å². The van der Waals surface area contributed by atoms with Crippen LogP contribution in [0.1, 0.15) is 5.82 Å². The summed E-state index contributed by atoms with van der Waals surface area (Å²) in [5, 5.41) is 0. The molecule has 0 aliphatic carbocycles. The van der Waals surface area contributed by atoms with Crippen LogP contribution in [-0.2, 0) is 11.3 Å². The summed E-state index contributed by atoms with van der Waals surface area (Å²) in [6.45, 7) is 4.30. The molecule has 0 bridgehead atoms. The molecule has 1 aliphatic heterocycles. The number of hydrogen-bond donors (Lipinski definition) is 0. The number of alkyl halides is 1. The summed E-state index contributed by atoms with van der Waals surface area (Å²) in [4.78, 5) is 11.2. The van der Waals surface area contributed by atoms with Gasteiger partial charge in [-0.05, 0) is 6.07 Å². The standard InChI is InChI=1S/C10H14BrN3O/c11-9-6-14(4-5-15-8-9)7-10-12-2-1-3-13-10/h1-3,9H,4-8H2. The number of nitrogens with zero attached hydrogens (tertiary/aromatic N) is 3. The fourth-order valence-electron chi connectivity index (χ4n) is 1.58. The minimum absolute atomic E-state index is 0.406. The van der Waals surface area contributed by atoms with Crippen molar-refractivity contribution < 1.29 is 4.74 Å². The molecule has 1 saturated heterocycles. The van der Waals surface area contributed by atoms with Crippen molar-refractivity contribution in [3.8, 4) is 0 Å². The van der Waals surface area contributed by atoms with E-state index in [1.807, 2.05) is 6.07 Å². The molecule has 0 aromatic carbocycles. The van der Waals surface area contributed by atoms with Crippen molar-refractivity contribution in [1.82, 2.24) is 14.9 Å². The van der Waals surface area contributed by atoms with Gasteiger partial charge < -0.3 is 4.74 Å². The second-order valence-corrected chi connectivity index (χ2v) is 4.87. The Morgan fingerprint density at radius 1 is 1.47 bits per heavy atom. The van der Waals surface area contributed by atoms with Gasteiger partial charge in [0.15, 0.2) is 0 Å². The fourth-order valence-corrected chi connectivity index (χ4v) is 2.18. The Bertz CT molecular complexity index is 296. The Kier molecular flexibility index (Phi) is 4.05. The van der Waals surface area contributed by atoms with Crippen LogP contribution in [0.15, 0.2) is 18.5 Å². The molecule has 15 heavy (non-hydrogen) atoms. The predicted molar refractivity (Wildman–Crippen MR) is 60.8 cm³/mol. The van der Waals surface area contributed by atoms with Gasteiger partial charge >= 0.3 is 0 Å². The maximum absolute atomic E-state index is 5.45. The normalized spacial score (nSPS) is 23.7. The summed E-state index contributed by atoms with van der Waals surface area (Å²) in [5.74, 6) is 0.874. The summed E-state index contributed by atoms with van der Waals surface area (Å²) in [6.07, 6.45) is 3.56. The summed E-state index contributed by atoms with van der Waals surface area (Å²) >= 11 is 3.58. The Labute approximate surface area is 97.8 Å². The highest BCUT2D eigenvalue weighted by Gasteiger charge is 2.16. The van der Waals surface area contributed by atoms with E-state index in [1.165, 1.54) is 0 Å². The van der Waals surface area contributed by atoms with Crippen LogP contribution in [0.3, 0.4) is 0 Å². The fraction of sp³-hybridized carbons (Fsp3) is 0.600. The zero-order valence-corrected chi connectivity index (χ0v) is 10.1. The van der Waals surface area contributed by atoms with E-state index in [2.05, 4.69) is 30.8 Å². The van der Waals surface area contributed by atoms with Crippen molar-refractivity contribution in [2.45, 2.75) is 11.4 Å². The average molecular weight is 272 g/mol. The molecule has 0 spiro atoms. The average Bonchev–Trinajstić information content (AvgIpc) is 2.44. The van der Waals surface area contributed by atoms with E-state index in [4.69, 9.17) is 4.74 Å². The molecule has 1 aliphatic rings. The third kappa shape index (κ3) is 3.52. The predicted octanol–water partition coefficient (Wildman–Crippen LogP) is 1.07. The monoisotopic (exact) mass is 271 g/mol. The van der Waals surface area contributed by atoms with Crippen LogP contribution in [0.25, 0.3) is 0 Å². The van der Waals surface area contributed by atoms with Crippen molar-refractivity contribution in [2.24, 2.45) is 0 Å². The molecule has 4 nitrogen and oxygen atoms in total. The van der Waals surface area contributed by atoms with Crippen molar-refractivity contribution >= 4 is 15.9 Å². The maximum atomic E-state index is 5.45. The molecule has 1 aromatic heterocycles. The minimum atomic E-state index is 0.406. The molecule has 1 atom stereocenters. The molecule has 2 rings (SSSR count). The van der Waals surface area contributed by atoms with E-state index in [-0.39, 0.29) is 0 Å². The first-order valence-corrected chi connectivity index (χ1v) is 5.96. The topological polar surface area (TPSA) is 38.2 Å². The largest absolute Gasteiger partial charge is 0.379 e. The smallest absolute Gasteiger partial charge is 0.142 e. The third-order valence-corrected chi connectivity index (χ3v) is 2.85. The molecule has 0 N–H and O–H groups in total. The third-order valence-electron chi connectivity index (χ3n) is 2.29. The Hall–Kier alpha value is -0.520. The lowest BCUT2D eigenvalue weighted by molar-refractivity contribution is 0.141. The second-order valence-electron chi connectivity index (χ2n) is 3.57. The number of aromatic nitrogens is 2. The molecule has 82 valence electrons. The van der Waals surface area contributed by atoms with Gasteiger partial charge in [-0.15, -0.1) is 0 Å². The van der Waals surface area contributed by atoms with Crippen LogP contribution in [0.2, 0.25) is 0 Å². The molecule has 0 amide bonds. The first-order valence-electron chi connectivity index (χ1n) is 5.04. The molecule has 0 saturated carbocycles. The molecular formula is C10H14BrN3O. The number of hydrogen-bond acceptors (Lipinski definition) is 4. The lowest BCUT2D eigenvalue weighted by atomic mass is 10.4. The van der Waals surface area contributed by atoms with Gasteiger partial charge in [0.2, 0.25) is 0 Å². The van der Waals surface area contributed by atoms with Gasteiger partial charge in [0.1, 0.15) is 5.82 Å². The van der Waals surface area contributed by atoms with Gasteiger partial charge in [0, 0.05) is 25.5 Å². The van der Waals surface area contributed by atoms with Gasteiger partial charge in [0.25, 0.3) is 0 Å². The van der Waals surface area contributed by atoms with Crippen molar-refractivity contribution in [3.05, 3.63) is 24.3 Å². The van der Waals surface area contributed by atoms with E-state index in [9.17, 15) is 0 Å². The molecule has 0 radical (unpaired) electrons. The van der Waals surface area contributed by atoms with Crippen LogP contribution in [0.4, 0.5) is 0 Å². The van der Waals surface area contributed by atoms with Gasteiger partial charge in [-0.25, -0.2) is 9.97 Å². The van der Waals surface area contributed by atoms with Gasteiger partial charge in [0.05, 0.1) is 24.6 Å². The first kappa shape index (κ1) is 11.0. The SMILES string of the molecule is BrC1COCCN(Cc2ncccn2)C1. The maximum Gasteiger partial charge on any atom is 0.142 e. The summed E-state index contributed by atoms with van der Waals surface area (Å²) in [5.41, 5.74) is 0. The van der Waals surface area contributed by atoms with Crippen LogP contribution < -0.4 is 0 Å². The van der Waals surface area contributed by atoms with Crippen LogP contribution in [-0.4, -0.2) is 46.0 Å². The molecule has 5 heteroatoms. The Morgan fingerprint density at radius 3 is 3.07 bits per heavy atom. The van der Waals surface area contributed by atoms with Gasteiger partial charge in [-0.3, -0.25) is 4.90 Å². The van der Waals surface area contributed by atoms with E-state index in [0.29, 0.717) is 4.83 Å². The highest BCUT2D eigenvalue weighted by atomic mass is 79.9. The number of rotatable bonds is 2. The van der Waals surface area contributed by atoms with Crippen LogP contribution >= 0.6 is 15.9 Å². The van der Waals surface area contributed by atoms with Gasteiger partial charge in [-0.2, -0.15) is 0 Å². The van der Waals surface area contributed by atoms with Crippen molar-refractivity contribution in [1.29, 1.82) is 0 Å². The Balaban J connectivity index is 1.93. The van der Waals surface area contributed by atoms with Crippen molar-refractivity contribution in [2.75, 3.05) is 26.3 Å². The van der Waals surface area contributed by atoms with Gasteiger partial charge in [-0.1, -0.05) is 15.9 Å². The summed E-state index contributed by atoms with van der Waals surface area (Å²) in [7, 11) is 0. The zero-order chi connectivity index (χ0) is 10.5. The van der Waals surface area contributed by atoms with E-state index >= 15 is 0 Å². The summed E-state index contributed by atoms with van der Waals surface area (Å²) in [6, 6.07) is 1.84. The van der Waals surface area contributed by atoms with Crippen LogP contribution in [0.5, 0.6) is 0 Å². The molecular weight excluding hydrogens is 258 g/mol. The number of halogens is 1. The second kappa shape index (κ2) is 5.53. The summed E-state index contributed by atoms with van der Waals surface area (Å²) < 4.78 is 5.45.